The van der Waals surface area contributed by atoms with Gasteiger partial charge in [-0.15, -0.1) is 0 Å². The summed E-state index contributed by atoms with van der Waals surface area (Å²) in [6.07, 6.45) is 0.767. The van der Waals surface area contributed by atoms with Crippen LogP contribution in [0.25, 0.3) is 0 Å². The van der Waals surface area contributed by atoms with Crippen LogP contribution in [0, 0.1) is 6.92 Å². The van der Waals surface area contributed by atoms with E-state index in [4.69, 9.17) is 9.47 Å². The van der Waals surface area contributed by atoms with Crippen LogP contribution in [0.15, 0.2) is 18.2 Å². The van der Waals surface area contributed by atoms with Gasteiger partial charge in [0, 0.05) is 46.6 Å². The zero-order valence-electron chi connectivity index (χ0n) is 17.5. The molecule has 0 saturated carbocycles. The Bertz CT molecular complexity index is 833. The van der Waals surface area contributed by atoms with E-state index in [2.05, 4.69) is 17.6 Å². The van der Waals surface area contributed by atoms with Crippen LogP contribution in [0.2, 0.25) is 0 Å². The molecular weight excluding hydrogens is 594 g/mol. The van der Waals surface area contributed by atoms with Gasteiger partial charge in [0.05, 0.1) is 12.2 Å². The molecule has 2 rings (SSSR count). The molecule has 0 aromatic heterocycles. The maximum absolute atomic E-state index is 13.1. The first kappa shape index (κ1) is 29.4. The molecule has 1 saturated heterocycles. The molecule has 1 aromatic carbocycles. The molecule has 0 bridgehead atoms. The molecule has 4 amide bonds. The average molecular weight is 620 g/mol. The van der Waals surface area contributed by atoms with Crippen LogP contribution in [0.5, 0.6) is 5.75 Å². The van der Waals surface area contributed by atoms with Crippen LogP contribution in [0.1, 0.15) is 33.6 Å². The van der Waals surface area contributed by atoms with Gasteiger partial charge < -0.3 is 32.1 Å². The van der Waals surface area contributed by atoms with Crippen molar-refractivity contribution < 1.29 is 60.0 Å². The minimum atomic E-state index is -0.862. The number of hydrogen-bond acceptors (Lipinski definition) is 7. The van der Waals surface area contributed by atoms with E-state index in [0.29, 0.717) is 12.9 Å². The fourth-order valence-corrected chi connectivity index (χ4v) is 2.92. The molecule has 0 aliphatic carbocycles. The number of piperidine rings is 1. The third-order valence-corrected chi connectivity index (χ3v) is 4.47. The molecular formula is C20H26N3O8W-. The number of aldehydes is 1. The SMILES string of the molecule is O.[CH2-]COCCNC(=O)COc1cccc(C=O)c1C(=O)N(C)C1CCC(=O)NC1=O.[W]. The Hall–Kier alpha value is -2.62. The van der Waals surface area contributed by atoms with Gasteiger partial charge in [-0.1, -0.05) is 18.7 Å². The van der Waals surface area contributed by atoms with Crippen molar-refractivity contribution in [1.29, 1.82) is 0 Å². The number of imide groups is 1. The molecule has 4 N–H and O–H groups in total. The van der Waals surface area contributed by atoms with E-state index in [1.807, 2.05) is 0 Å². The smallest absolute Gasteiger partial charge is 0.258 e. The third kappa shape index (κ3) is 7.81. The topological polar surface area (TPSA) is 163 Å². The van der Waals surface area contributed by atoms with Crippen molar-refractivity contribution in [3.63, 3.8) is 0 Å². The predicted molar refractivity (Wildman–Crippen MR) is 108 cm³/mol. The number of nitrogens with zero attached hydrogens (tertiary/aromatic N) is 1. The molecule has 11 nitrogen and oxygen atoms in total. The summed E-state index contributed by atoms with van der Waals surface area (Å²) in [5.41, 5.74) is -0.00575. The summed E-state index contributed by atoms with van der Waals surface area (Å²) in [6.45, 7) is 4.00. The summed E-state index contributed by atoms with van der Waals surface area (Å²) in [5, 5.41) is 4.77. The van der Waals surface area contributed by atoms with Crippen LogP contribution in [-0.4, -0.2) is 79.7 Å². The fraction of sp³-hybridized carbons (Fsp3) is 0.400. The van der Waals surface area contributed by atoms with Gasteiger partial charge in [0.1, 0.15) is 11.8 Å². The van der Waals surface area contributed by atoms with E-state index in [1.54, 1.807) is 0 Å². The van der Waals surface area contributed by atoms with Gasteiger partial charge in [0.25, 0.3) is 11.8 Å². The standard InChI is InChI=1S/C20H24N3O7.H2O.W/c1-3-29-10-9-21-17(26)12-30-15-6-4-5-13(11-24)18(15)20(28)23(2)14-7-8-16(25)22-19(14)27;;/h4-6,11,14H,1,3,7-10,12H2,2H3,(H,21,26)(H,22,25,27);1H2;/q-1;;. The molecule has 1 fully saturated rings. The van der Waals surface area contributed by atoms with Gasteiger partial charge in [-0.05, 0) is 12.5 Å². The van der Waals surface area contributed by atoms with Crippen molar-refractivity contribution in [2.24, 2.45) is 0 Å². The zero-order chi connectivity index (χ0) is 22.1. The molecule has 1 unspecified atom stereocenters. The first-order valence-electron chi connectivity index (χ1n) is 9.34. The van der Waals surface area contributed by atoms with Gasteiger partial charge in [-0.3, -0.25) is 29.3 Å². The second-order valence-corrected chi connectivity index (χ2v) is 6.47. The van der Waals surface area contributed by atoms with Gasteiger partial charge in [-0.2, -0.15) is 0 Å². The Morgan fingerprint density at radius 1 is 1.34 bits per heavy atom. The number of amides is 4. The molecule has 1 aromatic rings. The number of carbonyl (C=O) groups excluding carboxylic acids is 5. The summed E-state index contributed by atoms with van der Waals surface area (Å²) >= 11 is 0. The van der Waals surface area contributed by atoms with Gasteiger partial charge in [0.2, 0.25) is 11.8 Å². The maximum atomic E-state index is 13.1. The number of ether oxygens (including phenoxy) is 2. The van der Waals surface area contributed by atoms with E-state index in [-0.39, 0.29) is 76.0 Å². The largest absolute Gasteiger partial charge is 0.483 e. The Kier molecular flexibility index (Phi) is 13.3. The Labute approximate surface area is 199 Å². The predicted octanol–water partition coefficient (Wildman–Crippen LogP) is -1.11. The van der Waals surface area contributed by atoms with Crippen molar-refractivity contribution in [2.45, 2.75) is 18.9 Å². The third-order valence-electron chi connectivity index (χ3n) is 4.47. The summed E-state index contributed by atoms with van der Waals surface area (Å²) in [5.74, 6) is -2.02. The summed E-state index contributed by atoms with van der Waals surface area (Å²) in [7, 11) is 1.41. The second kappa shape index (κ2) is 14.4. The van der Waals surface area contributed by atoms with Crippen molar-refractivity contribution in [3.8, 4) is 5.75 Å². The molecule has 1 aliphatic heterocycles. The van der Waals surface area contributed by atoms with Crippen LogP contribution in [-0.2, 0) is 40.2 Å². The van der Waals surface area contributed by atoms with E-state index < -0.39 is 29.7 Å². The van der Waals surface area contributed by atoms with Crippen LogP contribution in [0.4, 0.5) is 0 Å². The van der Waals surface area contributed by atoms with E-state index in [0.717, 1.165) is 4.90 Å². The second-order valence-electron chi connectivity index (χ2n) is 6.47. The zero-order valence-corrected chi connectivity index (χ0v) is 20.5. The molecule has 0 radical (unpaired) electrons. The van der Waals surface area contributed by atoms with Crippen molar-refractivity contribution >= 4 is 29.9 Å². The first-order chi connectivity index (χ1) is 14.4. The van der Waals surface area contributed by atoms with Crippen LogP contribution >= 0.6 is 0 Å². The van der Waals surface area contributed by atoms with E-state index in [1.165, 1.54) is 25.2 Å². The molecule has 12 heteroatoms. The number of nitrogens with one attached hydrogen (secondary N) is 2. The molecule has 1 atom stereocenters. The fourth-order valence-electron chi connectivity index (χ4n) is 2.92. The molecule has 1 aliphatic rings. The van der Waals surface area contributed by atoms with Gasteiger partial charge in [-0.25, -0.2) is 0 Å². The van der Waals surface area contributed by atoms with Gasteiger partial charge in [0.15, 0.2) is 12.9 Å². The quantitative estimate of drug-likeness (QED) is 0.145. The molecule has 176 valence electrons. The molecule has 32 heavy (non-hydrogen) atoms. The Morgan fingerprint density at radius 3 is 2.69 bits per heavy atom. The van der Waals surface area contributed by atoms with Gasteiger partial charge >= 0.3 is 0 Å². The summed E-state index contributed by atoms with van der Waals surface area (Å²) in [6, 6.07) is 3.54. The summed E-state index contributed by atoms with van der Waals surface area (Å²) < 4.78 is 10.5. The Morgan fingerprint density at radius 2 is 2.06 bits per heavy atom. The number of rotatable bonds is 10. The van der Waals surface area contributed by atoms with Crippen molar-refractivity contribution in [2.75, 3.05) is 33.4 Å². The number of benzene rings is 1. The van der Waals surface area contributed by atoms with Crippen LogP contribution in [0.3, 0.4) is 0 Å². The molecule has 1 heterocycles. The van der Waals surface area contributed by atoms with Crippen molar-refractivity contribution in [1.82, 2.24) is 15.5 Å². The number of carbonyl (C=O) groups is 5. The monoisotopic (exact) mass is 620 g/mol. The minimum absolute atomic E-state index is 0. The normalized spacial score (nSPS) is 14.9. The van der Waals surface area contributed by atoms with E-state index in [9.17, 15) is 24.0 Å². The number of hydrogen-bond donors (Lipinski definition) is 2. The first-order valence-corrected chi connectivity index (χ1v) is 9.34. The maximum Gasteiger partial charge on any atom is 0.258 e. The summed E-state index contributed by atoms with van der Waals surface area (Å²) in [4.78, 5) is 61.1. The average Bonchev–Trinajstić information content (AvgIpc) is 2.74. The minimum Gasteiger partial charge on any atom is -0.483 e. The number of likely N-dealkylation sites (N-methyl/N-ethyl adjacent to an activating group) is 1. The van der Waals surface area contributed by atoms with Crippen molar-refractivity contribution in [3.05, 3.63) is 36.2 Å². The van der Waals surface area contributed by atoms with E-state index >= 15 is 0 Å². The Balaban J connectivity index is 0.00000480. The molecule has 0 spiro atoms. The van der Waals surface area contributed by atoms with Crippen LogP contribution < -0.4 is 15.4 Å².